The molecule has 0 saturated carbocycles. The first-order valence-electron chi connectivity index (χ1n) is 6.69. The number of ether oxygens (including phenoxy) is 2. The molecule has 0 radical (unpaired) electrons. The standard InChI is InChI=1S/C16H14INO3/c17-12-4-2-11(3-5-12)16(19)18-13-6-7-14-15(10-13)21-9-1-8-20-14/h2-7,10H,1,8-9H2,(H,18,19). The van der Waals surface area contributed by atoms with Gasteiger partial charge in [-0.05, 0) is 59.0 Å². The number of halogens is 1. The fourth-order valence-electron chi connectivity index (χ4n) is 2.05. The molecular formula is C16H14INO3. The van der Waals surface area contributed by atoms with E-state index >= 15 is 0 Å². The molecule has 1 aliphatic rings. The molecule has 1 heterocycles. The summed E-state index contributed by atoms with van der Waals surface area (Å²) in [7, 11) is 0. The number of nitrogens with one attached hydrogen (secondary N) is 1. The molecule has 0 saturated heterocycles. The van der Waals surface area contributed by atoms with E-state index in [4.69, 9.17) is 9.47 Å². The predicted octanol–water partition coefficient (Wildman–Crippen LogP) is 3.70. The summed E-state index contributed by atoms with van der Waals surface area (Å²) in [5, 5.41) is 2.87. The molecule has 5 heteroatoms. The zero-order valence-electron chi connectivity index (χ0n) is 11.3. The highest BCUT2D eigenvalue weighted by Crippen LogP contribution is 2.32. The fourth-order valence-corrected chi connectivity index (χ4v) is 2.41. The van der Waals surface area contributed by atoms with E-state index in [9.17, 15) is 4.79 Å². The lowest BCUT2D eigenvalue weighted by atomic mass is 10.2. The van der Waals surface area contributed by atoms with Gasteiger partial charge < -0.3 is 14.8 Å². The maximum atomic E-state index is 12.2. The summed E-state index contributed by atoms with van der Waals surface area (Å²) >= 11 is 2.21. The van der Waals surface area contributed by atoms with Crippen LogP contribution in [0.25, 0.3) is 0 Å². The number of fused-ring (bicyclic) bond motifs is 1. The lowest BCUT2D eigenvalue weighted by molar-refractivity contribution is 0.102. The van der Waals surface area contributed by atoms with Crippen molar-refractivity contribution < 1.29 is 14.3 Å². The molecule has 0 fully saturated rings. The Kier molecular flexibility index (Phi) is 4.28. The normalized spacial score (nSPS) is 13.4. The molecule has 4 nitrogen and oxygen atoms in total. The molecule has 1 aliphatic heterocycles. The number of carbonyl (C=O) groups excluding carboxylic acids is 1. The summed E-state index contributed by atoms with van der Waals surface area (Å²) in [4.78, 5) is 12.2. The number of benzene rings is 2. The quantitative estimate of drug-likeness (QED) is 0.789. The number of rotatable bonds is 2. The Bertz CT molecular complexity index is 655. The first kappa shape index (κ1) is 14.2. The van der Waals surface area contributed by atoms with Gasteiger partial charge >= 0.3 is 0 Å². The van der Waals surface area contributed by atoms with Crippen LogP contribution in [0.4, 0.5) is 5.69 Å². The molecule has 0 unspecified atom stereocenters. The van der Waals surface area contributed by atoms with Crippen LogP contribution in [-0.2, 0) is 0 Å². The molecule has 3 rings (SSSR count). The number of anilines is 1. The molecule has 0 spiro atoms. The Balaban J connectivity index is 1.77. The number of carbonyl (C=O) groups is 1. The maximum Gasteiger partial charge on any atom is 0.255 e. The highest BCUT2D eigenvalue weighted by atomic mass is 127. The lowest BCUT2D eigenvalue weighted by Crippen LogP contribution is -2.11. The van der Waals surface area contributed by atoms with Crippen LogP contribution in [-0.4, -0.2) is 19.1 Å². The van der Waals surface area contributed by atoms with E-state index in [2.05, 4.69) is 27.9 Å². The summed E-state index contributed by atoms with van der Waals surface area (Å²) in [5.41, 5.74) is 1.32. The summed E-state index contributed by atoms with van der Waals surface area (Å²) in [5.74, 6) is 1.26. The average molecular weight is 395 g/mol. The third-order valence-electron chi connectivity index (χ3n) is 3.11. The van der Waals surface area contributed by atoms with Gasteiger partial charge in [-0.3, -0.25) is 4.79 Å². The second kappa shape index (κ2) is 6.34. The van der Waals surface area contributed by atoms with Crippen LogP contribution in [0.2, 0.25) is 0 Å². The first-order valence-corrected chi connectivity index (χ1v) is 7.77. The van der Waals surface area contributed by atoms with Crippen molar-refractivity contribution in [3.8, 4) is 11.5 Å². The van der Waals surface area contributed by atoms with Gasteiger partial charge in [-0.15, -0.1) is 0 Å². The van der Waals surface area contributed by atoms with Crippen molar-refractivity contribution in [1.29, 1.82) is 0 Å². The van der Waals surface area contributed by atoms with Gasteiger partial charge in [0.25, 0.3) is 5.91 Å². The summed E-state index contributed by atoms with van der Waals surface area (Å²) in [6.07, 6.45) is 0.860. The Morgan fingerprint density at radius 3 is 2.48 bits per heavy atom. The van der Waals surface area contributed by atoms with Crippen LogP contribution in [0.1, 0.15) is 16.8 Å². The van der Waals surface area contributed by atoms with Crippen molar-refractivity contribution in [1.82, 2.24) is 0 Å². The third kappa shape index (κ3) is 3.47. The minimum Gasteiger partial charge on any atom is -0.490 e. The average Bonchev–Trinajstić information content (AvgIpc) is 2.72. The van der Waals surface area contributed by atoms with Crippen molar-refractivity contribution in [3.05, 3.63) is 51.6 Å². The molecule has 0 atom stereocenters. The first-order chi connectivity index (χ1) is 10.2. The largest absolute Gasteiger partial charge is 0.490 e. The minimum absolute atomic E-state index is 0.138. The van der Waals surface area contributed by atoms with E-state index in [1.54, 1.807) is 18.2 Å². The van der Waals surface area contributed by atoms with Gasteiger partial charge in [0.15, 0.2) is 11.5 Å². The highest BCUT2D eigenvalue weighted by Gasteiger charge is 2.12. The summed E-state index contributed by atoms with van der Waals surface area (Å²) in [6.45, 7) is 1.28. The molecular weight excluding hydrogens is 381 g/mol. The van der Waals surface area contributed by atoms with Gasteiger partial charge in [0.2, 0.25) is 0 Å². The van der Waals surface area contributed by atoms with Crippen molar-refractivity contribution in [2.75, 3.05) is 18.5 Å². The van der Waals surface area contributed by atoms with Crippen molar-refractivity contribution in [2.24, 2.45) is 0 Å². The maximum absolute atomic E-state index is 12.2. The second-order valence-corrected chi connectivity index (χ2v) is 5.92. The van der Waals surface area contributed by atoms with Gasteiger partial charge in [0.1, 0.15) is 0 Å². The molecule has 2 aromatic rings. The van der Waals surface area contributed by atoms with E-state index < -0.39 is 0 Å². The van der Waals surface area contributed by atoms with Crippen LogP contribution in [0.15, 0.2) is 42.5 Å². The molecule has 0 aromatic heterocycles. The Morgan fingerprint density at radius 2 is 1.71 bits per heavy atom. The Morgan fingerprint density at radius 1 is 1.00 bits per heavy atom. The molecule has 0 aliphatic carbocycles. The molecule has 0 bridgehead atoms. The van der Waals surface area contributed by atoms with Gasteiger partial charge in [-0.25, -0.2) is 0 Å². The fraction of sp³-hybridized carbons (Fsp3) is 0.188. The van der Waals surface area contributed by atoms with Crippen LogP contribution in [0, 0.1) is 3.57 Å². The lowest BCUT2D eigenvalue weighted by Gasteiger charge is -2.10. The zero-order valence-corrected chi connectivity index (χ0v) is 13.4. The highest BCUT2D eigenvalue weighted by molar-refractivity contribution is 14.1. The van der Waals surface area contributed by atoms with Gasteiger partial charge in [0.05, 0.1) is 13.2 Å². The number of hydrogen-bond acceptors (Lipinski definition) is 3. The van der Waals surface area contributed by atoms with E-state index in [1.165, 1.54) is 0 Å². The minimum atomic E-state index is -0.138. The molecule has 21 heavy (non-hydrogen) atoms. The molecule has 108 valence electrons. The molecule has 1 amide bonds. The Hall–Kier alpha value is -1.76. The number of amides is 1. The van der Waals surface area contributed by atoms with Crippen molar-refractivity contribution in [3.63, 3.8) is 0 Å². The monoisotopic (exact) mass is 395 g/mol. The SMILES string of the molecule is O=C(Nc1ccc2c(c1)OCCCO2)c1ccc(I)cc1. The van der Waals surface area contributed by atoms with Gasteiger partial charge in [0, 0.05) is 27.3 Å². The summed E-state index contributed by atoms with van der Waals surface area (Å²) in [6, 6.07) is 12.9. The van der Waals surface area contributed by atoms with Crippen molar-refractivity contribution >= 4 is 34.2 Å². The topological polar surface area (TPSA) is 47.6 Å². The smallest absolute Gasteiger partial charge is 0.255 e. The zero-order chi connectivity index (χ0) is 14.7. The number of hydrogen-bond donors (Lipinski definition) is 1. The molecule has 1 N–H and O–H groups in total. The van der Waals surface area contributed by atoms with Crippen molar-refractivity contribution in [2.45, 2.75) is 6.42 Å². The third-order valence-corrected chi connectivity index (χ3v) is 3.83. The van der Waals surface area contributed by atoms with Gasteiger partial charge in [-0.2, -0.15) is 0 Å². The second-order valence-electron chi connectivity index (χ2n) is 4.67. The predicted molar refractivity (Wildman–Crippen MR) is 89.2 cm³/mol. The van der Waals surface area contributed by atoms with Gasteiger partial charge in [-0.1, -0.05) is 0 Å². The van der Waals surface area contributed by atoms with Crippen LogP contribution < -0.4 is 14.8 Å². The van der Waals surface area contributed by atoms with Crippen LogP contribution in [0.5, 0.6) is 11.5 Å². The van der Waals surface area contributed by atoms with Crippen LogP contribution >= 0.6 is 22.6 Å². The van der Waals surface area contributed by atoms with E-state index in [0.29, 0.717) is 30.2 Å². The molecule has 2 aromatic carbocycles. The van der Waals surface area contributed by atoms with E-state index in [-0.39, 0.29) is 5.91 Å². The Labute approximate surface area is 136 Å². The summed E-state index contributed by atoms with van der Waals surface area (Å²) < 4.78 is 12.3. The van der Waals surface area contributed by atoms with E-state index in [0.717, 1.165) is 15.7 Å². The van der Waals surface area contributed by atoms with Crippen LogP contribution in [0.3, 0.4) is 0 Å². The van der Waals surface area contributed by atoms with E-state index in [1.807, 2.05) is 24.3 Å².